The standard InChI is InChI=1S/C20H20N2O5/c1-25-13-9-10-14(15(11-13)26-2)18-16(19(23)27-3)17(21-20(24)22-18)12-7-5-4-6-8-12/h4-11,18H,1-3H3,(H2,21,22,24). The van der Waals surface area contributed by atoms with Crippen molar-refractivity contribution in [3.05, 3.63) is 65.2 Å². The van der Waals surface area contributed by atoms with Crippen molar-refractivity contribution in [1.29, 1.82) is 0 Å². The van der Waals surface area contributed by atoms with Gasteiger partial charge in [-0.3, -0.25) is 0 Å². The Morgan fingerprint density at radius 2 is 1.74 bits per heavy atom. The number of nitrogens with one attached hydrogen (secondary N) is 2. The average Bonchev–Trinajstić information content (AvgIpc) is 2.72. The molecule has 1 heterocycles. The number of urea groups is 1. The number of rotatable bonds is 5. The van der Waals surface area contributed by atoms with Gasteiger partial charge in [-0.25, -0.2) is 9.59 Å². The number of carbonyl (C=O) groups is 2. The largest absolute Gasteiger partial charge is 0.497 e. The third-order valence-corrected chi connectivity index (χ3v) is 4.29. The SMILES string of the molecule is COC(=O)C1=C(c2ccccc2)NC(=O)NC1c1ccc(OC)cc1OC. The molecule has 0 aromatic heterocycles. The second kappa shape index (κ2) is 7.82. The van der Waals surface area contributed by atoms with Crippen LogP contribution in [0.5, 0.6) is 11.5 Å². The van der Waals surface area contributed by atoms with Gasteiger partial charge in [-0.2, -0.15) is 0 Å². The number of esters is 1. The smallest absolute Gasteiger partial charge is 0.338 e. The maximum absolute atomic E-state index is 12.6. The zero-order valence-corrected chi connectivity index (χ0v) is 15.2. The van der Waals surface area contributed by atoms with Crippen molar-refractivity contribution in [3.63, 3.8) is 0 Å². The van der Waals surface area contributed by atoms with E-state index in [1.807, 2.05) is 30.3 Å². The number of benzene rings is 2. The van der Waals surface area contributed by atoms with E-state index in [0.717, 1.165) is 0 Å². The van der Waals surface area contributed by atoms with E-state index < -0.39 is 18.0 Å². The van der Waals surface area contributed by atoms with Crippen LogP contribution in [0.2, 0.25) is 0 Å². The summed E-state index contributed by atoms with van der Waals surface area (Å²) in [5.41, 5.74) is 1.99. The Kier molecular flexibility index (Phi) is 5.30. The molecule has 0 saturated carbocycles. The highest BCUT2D eigenvalue weighted by molar-refractivity contribution is 6.04. The molecule has 7 heteroatoms. The Morgan fingerprint density at radius 1 is 1.00 bits per heavy atom. The maximum atomic E-state index is 12.6. The molecule has 0 saturated heterocycles. The number of hydrogen-bond acceptors (Lipinski definition) is 5. The van der Waals surface area contributed by atoms with Crippen molar-refractivity contribution in [2.24, 2.45) is 0 Å². The van der Waals surface area contributed by atoms with Gasteiger partial charge in [0.05, 0.1) is 38.6 Å². The molecule has 7 nitrogen and oxygen atoms in total. The van der Waals surface area contributed by atoms with E-state index in [1.165, 1.54) is 14.2 Å². The van der Waals surface area contributed by atoms with E-state index in [0.29, 0.717) is 28.3 Å². The van der Waals surface area contributed by atoms with Gasteiger partial charge in [-0.1, -0.05) is 30.3 Å². The van der Waals surface area contributed by atoms with E-state index in [-0.39, 0.29) is 5.57 Å². The van der Waals surface area contributed by atoms with Gasteiger partial charge >= 0.3 is 12.0 Å². The van der Waals surface area contributed by atoms with Crippen LogP contribution >= 0.6 is 0 Å². The van der Waals surface area contributed by atoms with Gasteiger partial charge in [0.1, 0.15) is 11.5 Å². The summed E-state index contributed by atoms with van der Waals surface area (Å²) in [5, 5.41) is 5.50. The Balaban J connectivity index is 2.21. The van der Waals surface area contributed by atoms with Crippen LogP contribution in [0.15, 0.2) is 54.1 Å². The molecule has 2 amide bonds. The van der Waals surface area contributed by atoms with Crippen molar-refractivity contribution in [1.82, 2.24) is 10.6 Å². The van der Waals surface area contributed by atoms with Gasteiger partial charge in [-0.05, 0) is 17.7 Å². The summed E-state index contributed by atoms with van der Waals surface area (Å²) in [5.74, 6) is 0.530. The van der Waals surface area contributed by atoms with Crippen LogP contribution < -0.4 is 20.1 Å². The summed E-state index contributed by atoms with van der Waals surface area (Å²) in [4.78, 5) is 25.0. The van der Waals surface area contributed by atoms with Crippen molar-refractivity contribution < 1.29 is 23.8 Å². The molecule has 1 aliphatic heterocycles. The fourth-order valence-electron chi connectivity index (χ4n) is 3.02. The highest BCUT2D eigenvalue weighted by Gasteiger charge is 2.35. The van der Waals surface area contributed by atoms with Crippen molar-refractivity contribution in [3.8, 4) is 11.5 Å². The molecule has 0 bridgehead atoms. The molecule has 140 valence electrons. The molecular formula is C20H20N2O5. The molecule has 0 radical (unpaired) electrons. The predicted molar refractivity (Wildman–Crippen MR) is 99.3 cm³/mol. The zero-order chi connectivity index (χ0) is 19.4. The monoisotopic (exact) mass is 368 g/mol. The van der Waals surface area contributed by atoms with E-state index in [1.54, 1.807) is 25.3 Å². The summed E-state index contributed by atoms with van der Waals surface area (Å²) < 4.78 is 15.7. The minimum absolute atomic E-state index is 0.284. The average molecular weight is 368 g/mol. The lowest BCUT2D eigenvalue weighted by atomic mass is 9.92. The number of carbonyl (C=O) groups excluding carboxylic acids is 2. The van der Waals surface area contributed by atoms with Crippen LogP contribution in [0.1, 0.15) is 17.2 Å². The summed E-state index contributed by atoms with van der Waals surface area (Å²) in [6.07, 6.45) is 0. The molecule has 1 atom stereocenters. The molecule has 27 heavy (non-hydrogen) atoms. The molecule has 1 aliphatic rings. The van der Waals surface area contributed by atoms with Crippen molar-refractivity contribution in [2.45, 2.75) is 6.04 Å². The minimum Gasteiger partial charge on any atom is -0.497 e. The van der Waals surface area contributed by atoms with E-state index in [4.69, 9.17) is 14.2 Å². The number of methoxy groups -OCH3 is 3. The molecule has 2 aromatic rings. The van der Waals surface area contributed by atoms with Crippen LogP contribution in [0.4, 0.5) is 4.79 Å². The summed E-state index contributed by atoms with van der Waals surface area (Å²) in [6, 6.07) is 13.1. The lowest BCUT2D eigenvalue weighted by molar-refractivity contribution is -0.136. The van der Waals surface area contributed by atoms with Crippen LogP contribution in [0, 0.1) is 0 Å². The molecule has 2 aromatic carbocycles. The number of hydrogen-bond donors (Lipinski definition) is 2. The van der Waals surface area contributed by atoms with E-state index in [9.17, 15) is 9.59 Å². The lowest BCUT2D eigenvalue weighted by Gasteiger charge is -2.30. The van der Waals surface area contributed by atoms with Crippen LogP contribution in [-0.2, 0) is 9.53 Å². The molecule has 0 aliphatic carbocycles. The third-order valence-electron chi connectivity index (χ3n) is 4.29. The summed E-state index contributed by atoms with van der Waals surface area (Å²) in [7, 11) is 4.37. The van der Waals surface area contributed by atoms with Gasteiger partial charge < -0.3 is 24.8 Å². The van der Waals surface area contributed by atoms with E-state index >= 15 is 0 Å². The quantitative estimate of drug-likeness (QED) is 0.793. The van der Waals surface area contributed by atoms with Gasteiger partial charge in [0.2, 0.25) is 0 Å². The third kappa shape index (κ3) is 3.57. The molecular weight excluding hydrogens is 348 g/mol. The lowest BCUT2D eigenvalue weighted by Crippen LogP contribution is -2.45. The van der Waals surface area contributed by atoms with Gasteiger partial charge in [0.25, 0.3) is 0 Å². The highest BCUT2D eigenvalue weighted by Crippen LogP contribution is 2.37. The first-order chi connectivity index (χ1) is 13.1. The summed E-state index contributed by atoms with van der Waals surface area (Å²) in [6.45, 7) is 0. The minimum atomic E-state index is -0.748. The fraction of sp³-hybridized carbons (Fsp3) is 0.200. The fourth-order valence-corrected chi connectivity index (χ4v) is 3.02. The number of amides is 2. The Morgan fingerprint density at radius 3 is 2.37 bits per heavy atom. The topological polar surface area (TPSA) is 85.9 Å². The first-order valence-corrected chi connectivity index (χ1v) is 8.26. The highest BCUT2D eigenvalue weighted by atomic mass is 16.5. The second-order valence-corrected chi connectivity index (χ2v) is 5.79. The normalized spacial score (nSPS) is 16.3. The van der Waals surface area contributed by atoms with E-state index in [2.05, 4.69) is 10.6 Å². The van der Waals surface area contributed by atoms with Crippen molar-refractivity contribution in [2.75, 3.05) is 21.3 Å². The molecule has 1 unspecified atom stereocenters. The van der Waals surface area contributed by atoms with Crippen LogP contribution in [-0.4, -0.2) is 33.3 Å². The first-order valence-electron chi connectivity index (χ1n) is 8.26. The first kappa shape index (κ1) is 18.3. The molecule has 0 spiro atoms. The molecule has 0 fully saturated rings. The van der Waals surface area contributed by atoms with Gasteiger partial charge in [0, 0.05) is 11.6 Å². The zero-order valence-electron chi connectivity index (χ0n) is 15.2. The Hall–Kier alpha value is -3.48. The van der Waals surface area contributed by atoms with Crippen LogP contribution in [0.25, 0.3) is 5.70 Å². The van der Waals surface area contributed by atoms with Gasteiger partial charge in [-0.15, -0.1) is 0 Å². The second-order valence-electron chi connectivity index (χ2n) is 5.79. The predicted octanol–water partition coefficient (Wildman–Crippen LogP) is 2.64. The molecule has 2 N–H and O–H groups in total. The van der Waals surface area contributed by atoms with Gasteiger partial charge in [0.15, 0.2) is 0 Å². The van der Waals surface area contributed by atoms with Crippen molar-refractivity contribution >= 4 is 17.7 Å². The Bertz CT molecular complexity index is 893. The molecule has 3 rings (SSSR count). The Labute approximate surface area is 156 Å². The number of ether oxygens (including phenoxy) is 3. The van der Waals surface area contributed by atoms with Crippen LogP contribution in [0.3, 0.4) is 0 Å². The summed E-state index contributed by atoms with van der Waals surface area (Å²) >= 11 is 0. The maximum Gasteiger partial charge on any atom is 0.338 e.